The molecule has 3 rings (SSSR count). The molecular weight excluding hydrogens is 433 g/mol. The number of halogens is 3. The Morgan fingerprint density at radius 3 is 2.42 bits per heavy atom. The van der Waals surface area contributed by atoms with Gasteiger partial charge in [-0.15, -0.1) is 0 Å². The first kappa shape index (κ1) is 22.5. The molecule has 0 saturated heterocycles. The number of alkyl halides is 3. The third kappa shape index (κ3) is 4.76. The predicted octanol–water partition coefficient (Wildman–Crippen LogP) is 3.73. The number of amides is 1. The maximum absolute atomic E-state index is 14.0. The molecule has 164 valence electrons. The molecule has 31 heavy (non-hydrogen) atoms. The minimum Gasteiger partial charge on any atom is -0.299 e. The third-order valence-electron chi connectivity index (χ3n) is 4.47. The Morgan fingerprint density at radius 2 is 1.84 bits per heavy atom. The number of pyridine rings is 1. The molecular formula is C20H19F3N4O3S. The normalized spacial score (nSPS) is 12.7. The zero-order valence-electron chi connectivity index (χ0n) is 16.6. The van der Waals surface area contributed by atoms with Crippen LogP contribution in [0.3, 0.4) is 0 Å². The molecule has 1 aromatic carbocycles. The van der Waals surface area contributed by atoms with Gasteiger partial charge in [-0.1, -0.05) is 6.92 Å². The molecule has 3 aromatic rings. The average Bonchev–Trinajstić information content (AvgIpc) is 3.18. The standard InChI is InChI=1S/C20H19F3N4O3S/c1-3-17(28)26-31(29,30)14-8-6-13(7-9-14)27-11-16(18(21)19(22)23)25-20(27)15-5-4-10-24-12(15)2/h4-11,18-19H,3H2,1-2H3,(H,26,28). The van der Waals surface area contributed by atoms with Crippen molar-refractivity contribution < 1.29 is 26.4 Å². The lowest BCUT2D eigenvalue weighted by Crippen LogP contribution is -2.29. The molecule has 2 heterocycles. The molecule has 1 amide bonds. The molecule has 1 atom stereocenters. The molecule has 0 aliphatic heterocycles. The molecule has 0 saturated carbocycles. The number of carbonyl (C=O) groups is 1. The van der Waals surface area contributed by atoms with Crippen molar-refractivity contribution in [3.63, 3.8) is 0 Å². The van der Waals surface area contributed by atoms with Gasteiger partial charge in [0.25, 0.3) is 16.4 Å². The molecule has 11 heteroatoms. The minimum absolute atomic E-state index is 0.00250. The molecule has 0 radical (unpaired) electrons. The zero-order valence-corrected chi connectivity index (χ0v) is 17.4. The topological polar surface area (TPSA) is 94.0 Å². The fourth-order valence-electron chi connectivity index (χ4n) is 2.83. The summed E-state index contributed by atoms with van der Waals surface area (Å²) in [5.74, 6) is -0.475. The first-order valence-electron chi connectivity index (χ1n) is 9.23. The second-order valence-electron chi connectivity index (χ2n) is 6.61. The van der Waals surface area contributed by atoms with Gasteiger partial charge >= 0.3 is 0 Å². The molecule has 1 N–H and O–H groups in total. The van der Waals surface area contributed by atoms with E-state index in [0.29, 0.717) is 16.9 Å². The highest BCUT2D eigenvalue weighted by molar-refractivity contribution is 7.90. The van der Waals surface area contributed by atoms with Crippen LogP contribution in [0.1, 0.15) is 30.9 Å². The molecule has 0 aliphatic carbocycles. The largest absolute Gasteiger partial charge is 0.299 e. The second kappa shape index (κ2) is 8.88. The zero-order chi connectivity index (χ0) is 22.8. The first-order chi connectivity index (χ1) is 14.6. The first-order valence-corrected chi connectivity index (χ1v) is 10.7. The van der Waals surface area contributed by atoms with Crippen molar-refractivity contribution in [2.75, 3.05) is 0 Å². The summed E-state index contributed by atoms with van der Waals surface area (Å²) >= 11 is 0. The van der Waals surface area contributed by atoms with Crippen LogP contribution in [0.2, 0.25) is 0 Å². The van der Waals surface area contributed by atoms with Crippen LogP contribution in [0.25, 0.3) is 17.1 Å². The van der Waals surface area contributed by atoms with Crippen LogP contribution in [-0.4, -0.2) is 35.3 Å². The third-order valence-corrected chi connectivity index (χ3v) is 5.86. The fraction of sp³-hybridized carbons (Fsp3) is 0.250. The van der Waals surface area contributed by atoms with Crippen LogP contribution in [0.15, 0.2) is 53.7 Å². The van der Waals surface area contributed by atoms with Crippen LogP contribution < -0.4 is 4.72 Å². The van der Waals surface area contributed by atoms with Crippen molar-refractivity contribution >= 4 is 15.9 Å². The van der Waals surface area contributed by atoms with E-state index in [2.05, 4.69) is 9.97 Å². The quantitative estimate of drug-likeness (QED) is 0.590. The Morgan fingerprint density at radius 1 is 1.16 bits per heavy atom. The van der Waals surface area contributed by atoms with E-state index in [4.69, 9.17) is 0 Å². The van der Waals surface area contributed by atoms with E-state index in [-0.39, 0.29) is 17.1 Å². The Labute approximate surface area is 177 Å². The summed E-state index contributed by atoms with van der Waals surface area (Å²) in [5, 5.41) is 0. The van der Waals surface area contributed by atoms with Gasteiger partial charge in [0.2, 0.25) is 12.1 Å². The van der Waals surface area contributed by atoms with Crippen LogP contribution in [-0.2, 0) is 14.8 Å². The lowest BCUT2D eigenvalue weighted by atomic mass is 10.2. The maximum Gasteiger partial charge on any atom is 0.275 e. The van der Waals surface area contributed by atoms with Gasteiger partial charge in [0.1, 0.15) is 5.82 Å². The Balaban J connectivity index is 2.07. The maximum atomic E-state index is 14.0. The van der Waals surface area contributed by atoms with Crippen molar-refractivity contribution in [2.45, 2.75) is 37.8 Å². The highest BCUT2D eigenvalue weighted by Crippen LogP contribution is 2.31. The Kier molecular flexibility index (Phi) is 6.44. The monoisotopic (exact) mass is 452 g/mol. The summed E-state index contributed by atoms with van der Waals surface area (Å²) in [5.41, 5.74) is 0.955. The predicted molar refractivity (Wildman–Crippen MR) is 107 cm³/mol. The summed E-state index contributed by atoms with van der Waals surface area (Å²) in [6.07, 6.45) is -3.14. The fourth-order valence-corrected chi connectivity index (χ4v) is 3.89. The SMILES string of the molecule is CCC(=O)NS(=O)(=O)c1ccc(-n2cc(C(F)C(F)F)nc2-c2cccnc2C)cc1. The molecule has 2 aromatic heterocycles. The average molecular weight is 452 g/mol. The number of carbonyl (C=O) groups excluding carboxylic acids is 1. The van der Waals surface area contributed by atoms with Crippen molar-refractivity contribution in [3.05, 3.63) is 60.2 Å². The van der Waals surface area contributed by atoms with Crippen molar-refractivity contribution in [2.24, 2.45) is 0 Å². The molecule has 1 unspecified atom stereocenters. The van der Waals surface area contributed by atoms with Gasteiger partial charge in [-0.3, -0.25) is 14.3 Å². The van der Waals surface area contributed by atoms with Crippen LogP contribution in [0, 0.1) is 6.92 Å². The van der Waals surface area contributed by atoms with E-state index in [1.807, 2.05) is 4.72 Å². The number of benzene rings is 1. The van der Waals surface area contributed by atoms with E-state index in [0.717, 1.165) is 6.20 Å². The minimum atomic E-state index is -4.05. The molecule has 0 fully saturated rings. The number of aromatic nitrogens is 3. The van der Waals surface area contributed by atoms with Crippen molar-refractivity contribution in [3.8, 4) is 17.1 Å². The van der Waals surface area contributed by atoms with Gasteiger partial charge in [-0.05, 0) is 43.3 Å². The molecule has 0 aliphatic rings. The van der Waals surface area contributed by atoms with Gasteiger partial charge in [-0.2, -0.15) is 0 Å². The lowest BCUT2D eigenvalue weighted by molar-refractivity contribution is -0.119. The number of sulfonamides is 1. The Hall–Kier alpha value is -3.21. The summed E-state index contributed by atoms with van der Waals surface area (Å²) in [6.45, 7) is 3.21. The highest BCUT2D eigenvalue weighted by Gasteiger charge is 2.27. The van der Waals surface area contributed by atoms with Gasteiger partial charge < -0.3 is 0 Å². The molecule has 0 spiro atoms. The van der Waals surface area contributed by atoms with Gasteiger partial charge in [-0.25, -0.2) is 31.3 Å². The van der Waals surface area contributed by atoms with Crippen LogP contribution >= 0.6 is 0 Å². The number of aryl methyl sites for hydroxylation is 1. The molecule has 7 nitrogen and oxygen atoms in total. The summed E-state index contributed by atoms with van der Waals surface area (Å²) in [7, 11) is -4.05. The van der Waals surface area contributed by atoms with Crippen LogP contribution in [0.5, 0.6) is 0 Å². The number of imidazole rings is 1. The van der Waals surface area contributed by atoms with E-state index in [1.54, 1.807) is 25.3 Å². The smallest absolute Gasteiger partial charge is 0.275 e. The number of nitrogens with one attached hydrogen (secondary N) is 1. The molecule has 0 bridgehead atoms. The number of nitrogens with zero attached hydrogens (tertiary/aromatic N) is 3. The summed E-state index contributed by atoms with van der Waals surface area (Å²) in [4.78, 5) is 19.5. The van der Waals surface area contributed by atoms with Gasteiger partial charge in [0.05, 0.1) is 10.6 Å². The number of hydrogen-bond acceptors (Lipinski definition) is 5. The van der Waals surface area contributed by atoms with E-state index < -0.39 is 34.2 Å². The van der Waals surface area contributed by atoms with E-state index in [1.165, 1.54) is 35.8 Å². The second-order valence-corrected chi connectivity index (χ2v) is 8.29. The van der Waals surface area contributed by atoms with Gasteiger partial charge in [0, 0.05) is 35.8 Å². The highest BCUT2D eigenvalue weighted by atomic mass is 32.2. The number of rotatable bonds is 7. The van der Waals surface area contributed by atoms with Crippen molar-refractivity contribution in [1.82, 2.24) is 19.3 Å². The van der Waals surface area contributed by atoms with E-state index in [9.17, 15) is 26.4 Å². The lowest BCUT2D eigenvalue weighted by Gasteiger charge is -2.11. The van der Waals surface area contributed by atoms with Gasteiger partial charge in [0.15, 0.2) is 0 Å². The Bertz CT molecular complexity index is 1190. The van der Waals surface area contributed by atoms with Crippen molar-refractivity contribution in [1.29, 1.82) is 0 Å². The summed E-state index contributed by atoms with van der Waals surface area (Å²) < 4.78 is 67.7. The van der Waals surface area contributed by atoms with Crippen LogP contribution in [0.4, 0.5) is 13.2 Å². The number of hydrogen-bond donors (Lipinski definition) is 1. The van der Waals surface area contributed by atoms with E-state index >= 15 is 0 Å². The summed E-state index contributed by atoms with van der Waals surface area (Å²) in [6, 6.07) is 8.61.